The highest BCUT2D eigenvalue weighted by molar-refractivity contribution is 9.10. The summed E-state index contributed by atoms with van der Waals surface area (Å²) in [4.78, 5) is 18.2. The number of rotatable bonds is 5. The molecule has 0 spiro atoms. The van der Waals surface area contributed by atoms with Gasteiger partial charge in [0.2, 0.25) is 0 Å². The van der Waals surface area contributed by atoms with E-state index in [9.17, 15) is 27.2 Å². The second kappa shape index (κ2) is 6.51. The Balaban J connectivity index is 3.30. The molecule has 122 valence electrons. The fourth-order valence-corrected chi connectivity index (χ4v) is 1.42. The normalized spacial score (nSPS) is 11.8. The molecule has 1 aromatic rings. The summed E-state index contributed by atoms with van der Waals surface area (Å²) in [6.45, 7) is 0. The molecule has 1 rings (SSSR count). The van der Waals surface area contributed by atoms with Gasteiger partial charge in [0.15, 0.2) is 0 Å². The SMILES string of the molecule is COC(=O)c1cc(OC(F)(F)C(F)(F)Br)cc(C(=O)OC)c1. The lowest BCUT2D eigenvalue weighted by Gasteiger charge is -2.22. The van der Waals surface area contributed by atoms with Gasteiger partial charge in [-0.05, 0) is 18.2 Å². The first-order valence-electron chi connectivity index (χ1n) is 5.47. The number of halogens is 5. The maximum absolute atomic E-state index is 13.2. The zero-order valence-corrected chi connectivity index (χ0v) is 12.7. The van der Waals surface area contributed by atoms with Crippen molar-refractivity contribution in [3.63, 3.8) is 0 Å². The third-order valence-electron chi connectivity index (χ3n) is 2.32. The molecule has 0 aliphatic carbocycles. The summed E-state index contributed by atoms with van der Waals surface area (Å²) in [5, 5.41) is 0. The zero-order valence-electron chi connectivity index (χ0n) is 11.2. The van der Waals surface area contributed by atoms with Gasteiger partial charge < -0.3 is 14.2 Å². The molecule has 0 heterocycles. The van der Waals surface area contributed by atoms with Crippen LogP contribution in [-0.2, 0) is 9.47 Å². The van der Waals surface area contributed by atoms with E-state index in [1.54, 1.807) is 0 Å². The van der Waals surface area contributed by atoms with Crippen molar-refractivity contribution in [1.29, 1.82) is 0 Å². The van der Waals surface area contributed by atoms with Crippen LogP contribution in [0.25, 0.3) is 0 Å². The van der Waals surface area contributed by atoms with Crippen LogP contribution in [0.2, 0.25) is 0 Å². The van der Waals surface area contributed by atoms with E-state index in [0.717, 1.165) is 32.4 Å². The third-order valence-corrected chi connectivity index (χ3v) is 2.79. The first kappa shape index (κ1) is 18.2. The molecule has 0 unspecified atom stereocenters. The molecular formula is C12H9BrF4O5. The molecule has 0 atom stereocenters. The molecule has 0 fully saturated rings. The molecule has 1 aromatic carbocycles. The minimum absolute atomic E-state index is 0.353. The minimum Gasteiger partial charge on any atom is -0.465 e. The van der Waals surface area contributed by atoms with E-state index in [-0.39, 0.29) is 11.1 Å². The van der Waals surface area contributed by atoms with Crippen LogP contribution in [0.3, 0.4) is 0 Å². The van der Waals surface area contributed by atoms with Crippen LogP contribution in [0.4, 0.5) is 17.6 Å². The van der Waals surface area contributed by atoms with Gasteiger partial charge in [0, 0.05) is 15.9 Å². The number of hydrogen-bond donors (Lipinski definition) is 0. The van der Waals surface area contributed by atoms with Gasteiger partial charge >= 0.3 is 22.9 Å². The first-order valence-corrected chi connectivity index (χ1v) is 6.26. The topological polar surface area (TPSA) is 61.8 Å². The van der Waals surface area contributed by atoms with Gasteiger partial charge in [-0.2, -0.15) is 17.6 Å². The zero-order chi connectivity index (χ0) is 17.1. The van der Waals surface area contributed by atoms with Crippen LogP contribution in [0.1, 0.15) is 20.7 Å². The van der Waals surface area contributed by atoms with Crippen LogP contribution in [0.15, 0.2) is 18.2 Å². The average molecular weight is 389 g/mol. The molecule has 0 saturated heterocycles. The van der Waals surface area contributed by atoms with Gasteiger partial charge in [-0.1, -0.05) is 0 Å². The van der Waals surface area contributed by atoms with E-state index >= 15 is 0 Å². The predicted octanol–water partition coefficient (Wildman–Crippen LogP) is 3.22. The van der Waals surface area contributed by atoms with E-state index in [2.05, 4.69) is 14.2 Å². The van der Waals surface area contributed by atoms with Crippen molar-refractivity contribution < 1.29 is 41.4 Å². The summed E-state index contributed by atoms with van der Waals surface area (Å²) in [7, 11) is 2.02. The van der Waals surface area contributed by atoms with Crippen LogP contribution >= 0.6 is 15.9 Å². The summed E-state index contributed by atoms with van der Waals surface area (Å²) >= 11 is 1.49. The number of esters is 2. The van der Waals surface area contributed by atoms with Gasteiger partial charge in [0.05, 0.1) is 25.3 Å². The van der Waals surface area contributed by atoms with E-state index in [0.29, 0.717) is 0 Å². The van der Waals surface area contributed by atoms with E-state index in [1.165, 1.54) is 15.9 Å². The predicted molar refractivity (Wildman–Crippen MR) is 68.6 cm³/mol. The Labute approximate surface area is 130 Å². The van der Waals surface area contributed by atoms with E-state index in [4.69, 9.17) is 0 Å². The van der Waals surface area contributed by atoms with Gasteiger partial charge in [-0.3, -0.25) is 0 Å². The van der Waals surface area contributed by atoms with Gasteiger partial charge in [-0.15, -0.1) is 0 Å². The molecular weight excluding hydrogens is 380 g/mol. The lowest BCUT2D eigenvalue weighted by molar-refractivity contribution is -0.266. The Kier molecular flexibility index (Phi) is 5.39. The Morgan fingerprint density at radius 3 is 1.68 bits per heavy atom. The summed E-state index contributed by atoms with van der Waals surface area (Å²) in [6.07, 6.45) is -4.92. The van der Waals surface area contributed by atoms with Crippen molar-refractivity contribution in [2.75, 3.05) is 14.2 Å². The maximum Gasteiger partial charge on any atom is 0.475 e. The molecule has 0 amide bonds. The average Bonchev–Trinajstić information content (AvgIpc) is 2.43. The summed E-state index contributed by atoms with van der Waals surface area (Å²) in [5.74, 6) is -2.80. The number of benzene rings is 1. The number of carbonyl (C=O) groups excluding carboxylic acids is 2. The van der Waals surface area contributed by atoms with E-state index < -0.39 is 28.6 Å². The largest absolute Gasteiger partial charge is 0.475 e. The molecule has 0 aliphatic rings. The summed E-state index contributed by atoms with van der Waals surface area (Å²) in [5.41, 5.74) is -0.705. The smallest absolute Gasteiger partial charge is 0.465 e. The summed E-state index contributed by atoms with van der Waals surface area (Å²) < 4.78 is 64.4. The molecule has 5 nitrogen and oxygen atoms in total. The summed E-state index contributed by atoms with van der Waals surface area (Å²) in [6, 6.07) is 2.44. The molecule has 0 saturated carbocycles. The molecule has 0 aliphatic heterocycles. The highest BCUT2D eigenvalue weighted by atomic mass is 79.9. The van der Waals surface area contributed by atoms with Gasteiger partial charge in [-0.25, -0.2) is 9.59 Å². The highest BCUT2D eigenvalue weighted by Crippen LogP contribution is 2.41. The van der Waals surface area contributed by atoms with E-state index in [1.807, 2.05) is 0 Å². The molecule has 22 heavy (non-hydrogen) atoms. The quantitative estimate of drug-likeness (QED) is 0.440. The van der Waals surface area contributed by atoms with Crippen molar-refractivity contribution in [1.82, 2.24) is 0 Å². The molecule has 0 N–H and O–H groups in total. The Morgan fingerprint density at radius 1 is 0.955 bits per heavy atom. The van der Waals surface area contributed by atoms with Crippen molar-refractivity contribution in [3.05, 3.63) is 29.3 Å². The van der Waals surface area contributed by atoms with Gasteiger partial charge in [0.25, 0.3) is 0 Å². The molecule has 0 radical (unpaired) electrons. The Hall–Kier alpha value is -1.84. The fourth-order valence-electron chi connectivity index (χ4n) is 1.34. The van der Waals surface area contributed by atoms with Gasteiger partial charge in [0.1, 0.15) is 5.75 Å². The molecule has 0 bridgehead atoms. The second-order valence-electron chi connectivity index (χ2n) is 3.85. The standard InChI is InChI=1S/C12H9BrF4O5/c1-20-9(18)6-3-7(10(19)21-2)5-8(4-6)22-12(16,17)11(13,14)15/h3-5H,1-2H3. The molecule has 0 aromatic heterocycles. The minimum atomic E-state index is -4.92. The van der Waals surface area contributed by atoms with Crippen LogP contribution in [0, 0.1) is 0 Å². The highest BCUT2D eigenvalue weighted by Gasteiger charge is 2.57. The monoisotopic (exact) mass is 388 g/mol. The van der Waals surface area contributed by atoms with Crippen molar-refractivity contribution in [2.24, 2.45) is 0 Å². The maximum atomic E-state index is 13.2. The Morgan fingerprint density at radius 2 is 1.36 bits per heavy atom. The lowest BCUT2D eigenvalue weighted by atomic mass is 10.1. The number of carbonyl (C=O) groups is 2. The number of alkyl halides is 5. The lowest BCUT2D eigenvalue weighted by Crippen LogP contribution is -2.40. The van der Waals surface area contributed by atoms with Crippen molar-refractivity contribution in [3.8, 4) is 5.75 Å². The van der Waals surface area contributed by atoms with Crippen molar-refractivity contribution in [2.45, 2.75) is 10.9 Å². The van der Waals surface area contributed by atoms with Crippen LogP contribution < -0.4 is 4.74 Å². The van der Waals surface area contributed by atoms with Crippen molar-refractivity contribution >= 4 is 27.9 Å². The Bertz CT molecular complexity index is 551. The van der Waals surface area contributed by atoms with Crippen LogP contribution in [-0.4, -0.2) is 37.1 Å². The number of hydrogen-bond acceptors (Lipinski definition) is 5. The number of methoxy groups -OCH3 is 2. The fraction of sp³-hybridized carbons (Fsp3) is 0.333. The molecule has 10 heteroatoms. The first-order chi connectivity index (χ1) is 10.0. The second-order valence-corrected chi connectivity index (χ2v) is 4.84. The third kappa shape index (κ3) is 4.09. The van der Waals surface area contributed by atoms with Crippen LogP contribution in [0.5, 0.6) is 5.75 Å². The number of ether oxygens (including phenoxy) is 3.